The lowest BCUT2D eigenvalue weighted by atomic mass is 10.1. The van der Waals surface area contributed by atoms with Gasteiger partial charge < -0.3 is 14.2 Å². The maximum Gasteiger partial charge on any atom is 0.306 e. The van der Waals surface area contributed by atoms with Crippen LogP contribution in [0.5, 0.6) is 0 Å². The molecule has 0 radical (unpaired) electrons. The highest BCUT2D eigenvalue weighted by Crippen LogP contribution is 2.15. The van der Waals surface area contributed by atoms with Gasteiger partial charge in [-0.25, -0.2) is 0 Å². The topological polar surface area (TPSA) is 78.9 Å². The van der Waals surface area contributed by atoms with E-state index in [1.807, 2.05) is 0 Å². The van der Waals surface area contributed by atoms with E-state index in [9.17, 15) is 14.4 Å². The smallest absolute Gasteiger partial charge is 0.306 e. The van der Waals surface area contributed by atoms with E-state index in [4.69, 9.17) is 14.2 Å². The monoisotopic (exact) mass is 857 g/mol. The van der Waals surface area contributed by atoms with Crippen molar-refractivity contribution in [2.24, 2.45) is 0 Å². The van der Waals surface area contributed by atoms with Crippen LogP contribution in [0.4, 0.5) is 0 Å². The Morgan fingerprint density at radius 2 is 0.541 bits per heavy atom. The fraction of sp³-hybridized carbons (Fsp3) is 0.836. The van der Waals surface area contributed by atoms with Crippen molar-refractivity contribution >= 4 is 17.9 Å². The molecule has 1 atom stereocenters. The zero-order valence-corrected chi connectivity index (χ0v) is 40.7. The van der Waals surface area contributed by atoms with Crippen LogP contribution in [0.2, 0.25) is 0 Å². The number of allylic oxidation sites excluding steroid dienone is 6. The van der Waals surface area contributed by atoms with Gasteiger partial charge in [0.15, 0.2) is 6.10 Å². The van der Waals surface area contributed by atoms with Gasteiger partial charge in [-0.1, -0.05) is 198 Å². The summed E-state index contributed by atoms with van der Waals surface area (Å²) in [6, 6.07) is 0. The van der Waals surface area contributed by atoms with Gasteiger partial charge in [0.1, 0.15) is 13.2 Å². The molecule has 0 fully saturated rings. The second-order valence-electron chi connectivity index (χ2n) is 17.8. The third-order valence-electron chi connectivity index (χ3n) is 11.6. The maximum atomic E-state index is 12.8. The Morgan fingerprint density at radius 3 is 0.836 bits per heavy atom. The summed E-state index contributed by atoms with van der Waals surface area (Å²) in [4.78, 5) is 38.0. The molecule has 0 aliphatic carbocycles. The summed E-state index contributed by atoms with van der Waals surface area (Å²) in [7, 11) is 0. The van der Waals surface area contributed by atoms with Crippen LogP contribution in [0.25, 0.3) is 0 Å². The minimum absolute atomic E-state index is 0.0788. The Hall–Kier alpha value is -2.37. The van der Waals surface area contributed by atoms with Crippen LogP contribution >= 0.6 is 0 Å². The Morgan fingerprint density at radius 1 is 0.311 bits per heavy atom. The molecule has 61 heavy (non-hydrogen) atoms. The Bertz CT molecular complexity index is 1030. The average molecular weight is 857 g/mol. The van der Waals surface area contributed by atoms with E-state index in [2.05, 4.69) is 57.2 Å². The van der Waals surface area contributed by atoms with Gasteiger partial charge in [-0.2, -0.15) is 0 Å². The lowest BCUT2D eigenvalue weighted by Gasteiger charge is -2.18. The largest absolute Gasteiger partial charge is 0.462 e. The molecule has 6 nitrogen and oxygen atoms in total. The van der Waals surface area contributed by atoms with Crippen LogP contribution in [-0.4, -0.2) is 37.2 Å². The molecule has 0 heterocycles. The number of carbonyl (C=O) groups is 3. The lowest BCUT2D eigenvalue weighted by Crippen LogP contribution is -2.30. The first-order valence-electron chi connectivity index (χ1n) is 26.5. The van der Waals surface area contributed by atoms with Gasteiger partial charge in [0.25, 0.3) is 0 Å². The molecular weight excluding hydrogens is 757 g/mol. The maximum absolute atomic E-state index is 12.8. The van der Waals surface area contributed by atoms with Crippen LogP contribution in [0, 0.1) is 0 Å². The predicted molar refractivity (Wildman–Crippen MR) is 261 cm³/mol. The van der Waals surface area contributed by atoms with Crippen LogP contribution < -0.4 is 0 Å². The fourth-order valence-electron chi connectivity index (χ4n) is 7.54. The van der Waals surface area contributed by atoms with Crippen molar-refractivity contribution in [2.75, 3.05) is 13.2 Å². The molecule has 0 rings (SSSR count). The van der Waals surface area contributed by atoms with Gasteiger partial charge in [-0.05, 0) is 96.3 Å². The molecule has 0 saturated carbocycles. The van der Waals surface area contributed by atoms with Crippen LogP contribution in [-0.2, 0) is 28.6 Å². The van der Waals surface area contributed by atoms with Crippen LogP contribution in [0.1, 0.15) is 278 Å². The summed E-state index contributed by atoms with van der Waals surface area (Å²) in [6.07, 6.45) is 58.4. The van der Waals surface area contributed by atoms with Crippen molar-refractivity contribution in [1.82, 2.24) is 0 Å². The molecule has 356 valence electrons. The standard InChI is InChI=1S/C55H100O6/c1-4-7-10-13-16-19-22-25-26-27-28-31-33-36-39-42-45-48-54(57)60-51-52(61-55(58)49-46-43-40-37-34-30-24-21-18-15-12-9-6-3)50-59-53(56)47-44-41-38-35-32-29-23-20-17-14-11-8-5-2/h20-21,23-26,52H,4-19,22,27-51H2,1-3H3/b23-20-,24-21-,26-25-. The molecule has 0 aromatic carbocycles. The molecule has 0 aliphatic heterocycles. The number of rotatable bonds is 48. The fourth-order valence-corrected chi connectivity index (χ4v) is 7.54. The molecular formula is C55H100O6. The van der Waals surface area contributed by atoms with Gasteiger partial charge in [-0.3, -0.25) is 14.4 Å². The van der Waals surface area contributed by atoms with Gasteiger partial charge >= 0.3 is 17.9 Å². The van der Waals surface area contributed by atoms with E-state index >= 15 is 0 Å². The molecule has 0 N–H and O–H groups in total. The van der Waals surface area contributed by atoms with Gasteiger partial charge in [-0.15, -0.1) is 0 Å². The molecule has 0 bridgehead atoms. The van der Waals surface area contributed by atoms with Crippen LogP contribution in [0.15, 0.2) is 36.5 Å². The summed E-state index contributed by atoms with van der Waals surface area (Å²) in [6.45, 7) is 6.60. The molecule has 0 spiro atoms. The summed E-state index contributed by atoms with van der Waals surface area (Å²) < 4.78 is 16.8. The molecule has 6 heteroatoms. The second-order valence-corrected chi connectivity index (χ2v) is 17.8. The SMILES string of the molecule is CCCCCC/C=C\CCCCCCCC(=O)OCC(COC(=O)CCCCCCCCC/C=C\CCCCCCCC)OC(=O)CCCCCCC/C=C\CCCCCC. The van der Waals surface area contributed by atoms with Crippen molar-refractivity contribution in [2.45, 2.75) is 284 Å². The van der Waals surface area contributed by atoms with Gasteiger partial charge in [0.2, 0.25) is 0 Å². The highest BCUT2D eigenvalue weighted by Gasteiger charge is 2.19. The zero-order valence-electron chi connectivity index (χ0n) is 40.7. The number of ether oxygens (including phenoxy) is 3. The Labute approximate surface area is 378 Å². The van der Waals surface area contributed by atoms with E-state index in [0.29, 0.717) is 19.3 Å². The third kappa shape index (κ3) is 48.5. The van der Waals surface area contributed by atoms with Crippen molar-refractivity contribution in [3.63, 3.8) is 0 Å². The minimum atomic E-state index is -0.778. The predicted octanol–water partition coefficient (Wildman–Crippen LogP) is 17.3. The highest BCUT2D eigenvalue weighted by atomic mass is 16.6. The summed E-state index contributed by atoms with van der Waals surface area (Å²) >= 11 is 0. The number of hydrogen-bond donors (Lipinski definition) is 0. The number of esters is 3. The molecule has 0 saturated heterocycles. The lowest BCUT2D eigenvalue weighted by molar-refractivity contribution is -0.167. The van der Waals surface area contributed by atoms with Crippen LogP contribution in [0.3, 0.4) is 0 Å². The number of hydrogen-bond acceptors (Lipinski definition) is 6. The summed E-state index contributed by atoms with van der Waals surface area (Å²) in [5.74, 6) is -0.891. The Balaban J connectivity index is 4.36. The molecule has 0 aromatic heterocycles. The Kier molecular flexibility index (Phi) is 48.3. The van der Waals surface area contributed by atoms with Crippen molar-refractivity contribution in [1.29, 1.82) is 0 Å². The third-order valence-corrected chi connectivity index (χ3v) is 11.6. The normalized spacial score (nSPS) is 12.2. The van der Waals surface area contributed by atoms with E-state index < -0.39 is 6.10 Å². The quantitative estimate of drug-likeness (QED) is 0.0262. The second kappa shape index (κ2) is 50.3. The van der Waals surface area contributed by atoms with Crippen molar-refractivity contribution in [3.8, 4) is 0 Å². The van der Waals surface area contributed by atoms with Crippen molar-refractivity contribution < 1.29 is 28.6 Å². The summed E-state index contributed by atoms with van der Waals surface area (Å²) in [5, 5.41) is 0. The first kappa shape index (κ1) is 58.6. The molecule has 0 aliphatic rings. The molecule has 0 aromatic rings. The summed E-state index contributed by atoms with van der Waals surface area (Å²) in [5.41, 5.74) is 0. The first-order valence-corrected chi connectivity index (χ1v) is 26.5. The van der Waals surface area contributed by atoms with Gasteiger partial charge in [0, 0.05) is 19.3 Å². The van der Waals surface area contributed by atoms with E-state index in [0.717, 1.165) is 77.0 Å². The average Bonchev–Trinajstić information content (AvgIpc) is 3.26. The molecule has 0 amide bonds. The number of carbonyl (C=O) groups excluding carboxylic acids is 3. The van der Waals surface area contributed by atoms with E-state index in [1.165, 1.54) is 161 Å². The minimum Gasteiger partial charge on any atom is -0.462 e. The van der Waals surface area contributed by atoms with E-state index in [-0.39, 0.29) is 31.1 Å². The number of unbranched alkanes of at least 4 members (excludes halogenated alkanes) is 31. The zero-order chi connectivity index (χ0) is 44.4. The van der Waals surface area contributed by atoms with Crippen molar-refractivity contribution in [3.05, 3.63) is 36.5 Å². The van der Waals surface area contributed by atoms with E-state index in [1.54, 1.807) is 0 Å². The molecule has 1 unspecified atom stereocenters. The highest BCUT2D eigenvalue weighted by molar-refractivity contribution is 5.71. The van der Waals surface area contributed by atoms with Gasteiger partial charge in [0.05, 0.1) is 0 Å². The first-order chi connectivity index (χ1) is 30.0.